The predicted molar refractivity (Wildman–Crippen MR) is 111 cm³/mol. The zero-order valence-corrected chi connectivity index (χ0v) is 16.8. The highest BCUT2D eigenvalue weighted by Gasteiger charge is 2.22. The molecule has 1 fully saturated rings. The Morgan fingerprint density at radius 3 is 2.86 bits per heavy atom. The van der Waals surface area contributed by atoms with Gasteiger partial charge >= 0.3 is 0 Å². The van der Waals surface area contributed by atoms with Crippen molar-refractivity contribution in [3.63, 3.8) is 0 Å². The van der Waals surface area contributed by atoms with E-state index < -0.39 is 0 Å². The van der Waals surface area contributed by atoms with Gasteiger partial charge in [-0.25, -0.2) is 19.2 Å². The Labute approximate surface area is 167 Å². The van der Waals surface area contributed by atoms with Gasteiger partial charge in [-0.15, -0.1) is 0 Å². The first-order valence-electron chi connectivity index (χ1n) is 9.95. The lowest BCUT2D eigenvalue weighted by atomic mass is 10.0. The van der Waals surface area contributed by atoms with E-state index in [2.05, 4.69) is 32.4 Å². The van der Waals surface area contributed by atoms with E-state index in [0.717, 1.165) is 42.0 Å². The molecule has 5 heterocycles. The minimum absolute atomic E-state index is 0.0783. The van der Waals surface area contributed by atoms with Crippen molar-refractivity contribution in [2.24, 2.45) is 0 Å². The highest BCUT2D eigenvalue weighted by atomic mass is 16.1. The molecular weight excluding hydrogens is 366 g/mol. The van der Waals surface area contributed by atoms with E-state index in [1.165, 1.54) is 0 Å². The Bertz CT molecular complexity index is 1290. The molecular formula is C21H23N7O. The van der Waals surface area contributed by atoms with Crippen LogP contribution in [0.5, 0.6) is 0 Å². The summed E-state index contributed by atoms with van der Waals surface area (Å²) in [6, 6.07) is 6.18. The lowest BCUT2D eigenvalue weighted by Crippen LogP contribution is -2.40. The van der Waals surface area contributed by atoms with Crippen LogP contribution in [0, 0.1) is 13.8 Å². The Hall–Kier alpha value is -3.13. The largest absolute Gasteiger partial charge is 0.314 e. The van der Waals surface area contributed by atoms with Gasteiger partial charge in [-0.1, -0.05) is 0 Å². The molecule has 4 aromatic rings. The predicted octanol–water partition coefficient (Wildman–Crippen LogP) is 2.43. The second kappa shape index (κ2) is 6.73. The number of hydrogen-bond donors (Lipinski definition) is 1. The zero-order chi connectivity index (χ0) is 20.1. The third kappa shape index (κ3) is 3.09. The number of hydrogen-bond acceptors (Lipinski definition) is 6. The molecule has 1 N–H and O–H groups in total. The number of nitrogens with zero attached hydrogens (tertiary/aromatic N) is 6. The van der Waals surface area contributed by atoms with Crippen LogP contribution in [-0.4, -0.2) is 41.9 Å². The fraction of sp³-hybridized carbons (Fsp3) is 0.381. The molecule has 0 aliphatic carbocycles. The molecule has 1 saturated heterocycles. The van der Waals surface area contributed by atoms with Crippen LogP contribution in [0.2, 0.25) is 0 Å². The Kier molecular flexibility index (Phi) is 4.16. The van der Waals surface area contributed by atoms with E-state index in [1.54, 1.807) is 15.4 Å². The summed E-state index contributed by atoms with van der Waals surface area (Å²) < 4.78 is 3.41. The first-order valence-corrected chi connectivity index (χ1v) is 9.95. The quantitative estimate of drug-likeness (QED) is 0.566. The van der Waals surface area contributed by atoms with Gasteiger partial charge in [0.15, 0.2) is 5.65 Å². The molecule has 0 radical (unpaired) electrons. The van der Waals surface area contributed by atoms with Crippen molar-refractivity contribution in [1.29, 1.82) is 0 Å². The van der Waals surface area contributed by atoms with Gasteiger partial charge in [-0.3, -0.25) is 4.79 Å². The summed E-state index contributed by atoms with van der Waals surface area (Å²) in [5.41, 5.74) is 4.75. The van der Waals surface area contributed by atoms with Crippen molar-refractivity contribution in [3.05, 3.63) is 52.2 Å². The molecule has 0 spiro atoms. The third-order valence-corrected chi connectivity index (χ3v) is 5.60. The number of aromatic nitrogens is 6. The molecule has 0 saturated carbocycles. The van der Waals surface area contributed by atoms with Crippen molar-refractivity contribution in [2.75, 3.05) is 6.54 Å². The molecule has 0 unspecified atom stereocenters. The van der Waals surface area contributed by atoms with E-state index in [-0.39, 0.29) is 11.6 Å². The number of nitrogens with one attached hydrogen (secondary N) is 1. The molecule has 0 aromatic carbocycles. The molecule has 29 heavy (non-hydrogen) atoms. The number of fused-ring (bicyclic) bond motifs is 2. The van der Waals surface area contributed by atoms with Gasteiger partial charge in [0.2, 0.25) is 0 Å². The highest BCUT2D eigenvalue weighted by Crippen LogP contribution is 2.22. The molecule has 1 aliphatic heterocycles. The van der Waals surface area contributed by atoms with Crippen LogP contribution in [0.4, 0.5) is 0 Å². The van der Waals surface area contributed by atoms with E-state index in [9.17, 15) is 4.79 Å². The maximum atomic E-state index is 13.0. The number of piperidine rings is 1. The monoisotopic (exact) mass is 389 g/mol. The summed E-state index contributed by atoms with van der Waals surface area (Å²) in [4.78, 5) is 22.2. The van der Waals surface area contributed by atoms with E-state index in [4.69, 9.17) is 0 Å². The first kappa shape index (κ1) is 17.9. The summed E-state index contributed by atoms with van der Waals surface area (Å²) in [6.07, 6.45) is 5.39. The van der Waals surface area contributed by atoms with Crippen molar-refractivity contribution in [1.82, 2.24) is 34.7 Å². The van der Waals surface area contributed by atoms with Crippen LogP contribution >= 0.6 is 0 Å². The van der Waals surface area contributed by atoms with Gasteiger partial charge in [0.1, 0.15) is 5.69 Å². The summed E-state index contributed by atoms with van der Waals surface area (Å²) in [5, 5.41) is 13.1. The van der Waals surface area contributed by atoms with Crippen LogP contribution in [0.25, 0.3) is 27.9 Å². The lowest BCUT2D eigenvalue weighted by molar-refractivity contribution is 0.288. The number of aryl methyl sites for hydroxylation is 2. The minimum Gasteiger partial charge on any atom is -0.314 e. The second-order valence-electron chi connectivity index (χ2n) is 7.92. The molecule has 0 amide bonds. The molecule has 148 valence electrons. The number of rotatable bonds is 2. The summed E-state index contributed by atoms with van der Waals surface area (Å²) in [6.45, 7) is 6.99. The van der Waals surface area contributed by atoms with E-state index >= 15 is 0 Å². The molecule has 5 rings (SSSR count). The summed E-state index contributed by atoms with van der Waals surface area (Å²) in [5.74, 6) is 0. The average Bonchev–Trinajstić information content (AvgIpc) is 3.09. The first-order chi connectivity index (χ1) is 14.0. The SMILES string of the molecule is Cc1cn2nc(-c3ccc4c(=O)n([C@H]5CCN[C@H](C)C5)ncc4n3)cc(C)c2n1. The van der Waals surface area contributed by atoms with Crippen LogP contribution in [0.1, 0.15) is 37.1 Å². The summed E-state index contributed by atoms with van der Waals surface area (Å²) >= 11 is 0. The van der Waals surface area contributed by atoms with E-state index in [1.807, 2.05) is 38.2 Å². The summed E-state index contributed by atoms with van der Waals surface area (Å²) in [7, 11) is 0. The van der Waals surface area contributed by atoms with Gasteiger partial charge in [0.05, 0.1) is 40.7 Å². The fourth-order valence-corrected chi connectivity index (χ4v) is 4.15. The molecule has 1 aliphatic rings. The van der Waals surface area contributed by atoms with Crippen molar-refractivity contribution in [3.8, 4) is 11.4 Å². The Balaban J connectivity index is 1.58. The van der Waals surface area contributed by atoms with Gasteiger partial charge in [-0.2, -0.15) is 10.2 Å². The molecule has 0 bridgehead atoms. The van der Waals surface area contributed by atoms with Gasteiger partial charge in [-0.05, 0) is 63.9 Å². The second-order valence-corrected chi connectivity index (χ2v) is 7.92. The molecule has 4 aromatic heterocycles. The highest BCUT2D eigenvalue weighted by molar-refractivity contribution is 5.79. The number of pyridine rings is 1. The molecule has 2 atom stereocenters. The standard InChI is InChI=1S/C21H23N7O/c1-12-8-18(26-27-11-14(3)24-20(12)27)17-5-4-16-19(25-17)10-23-28(21(16)29)15-6-7-22-13(2)9-15/h4-5,8,10-11,13,15,22H,6-7,9H2,1-3H3/t13-,15+/m1/s1. The van der Waals surface area contributed by atoms with Gasteiger partial charge in [0.25, 0.3) is 5.56 Å². The fourth-order valence-electron chi connectivity index (χ4n) is 4.15. The van der Waals surface area contributed by atoms with Crippen LogP contribution in [-0.2, 0) is 0 Å². The normalized spacial score (nSPS) is 19.8. The number of imidazole rings is 1. The molecule has 8 heteroatoms. The third-order valence-electron chi connectivity index (χ3n) is 5.60. The van der Waals surface area contributed by atoms with Crippen molar-refractivity contribution in [2.45, 2.75) is 45.7 Å². The van der Waals surface area contributed by atoms with Gasteiger partial charge < -0.3 is 5.32 Å². The Morgan fingerprint density at radius 1 is 1.17 bits per heavy atom. The lowest BCUT2D eigenvalue weighted by Gasteiger charge is -2.28. The average molecular weight is 389 g/mol. The smallest absolute Gasteiger partial charge is 0.276 e. The molecule has 8 nitrogen and oxygen atoms in total. The maximum absolute atomic E-state index is 13.0. The Morgan fingerprint density at radius 2 is 2.03 bits per heavy atom. The van der Waals surface area contributed by atoms with Crippen LogP contribution < -0.4 is 10.9 Å². The van der Waals surface area contributed by atoms with Crippen molar-refractivity contribution >= 4 is 16.6 Å². The van der Waals surface area contributed by atoms with Crippen molar-refractivity contribution < 1.29 is 0 Å². The topological polar surface area (TPSA) is 90.0 Å². The zero-order valence-electron chi connectivity index (χ0n) is 16.8. The van der Waals surface area contributed by atoms with Crippen LogP contribution in [0.3, 0.4) is 0 Å². The van der Waals surface area contributed by atoms with Gasteiger partial charge in [0, 0.05) is 6.04 Å². The minimum atomic E-state index is -0.0783. The van der Waals surface area contributed by atoms with E-state index in [0.29, 0.717) is 22.6 Å². The maximum Gasteiger partial charge on any atom is 0.276 e. The van der Waals surface area contributed by atoms with Crippen LogP contribution in [0.15, 0.2) is 35.4 Å².